The quantitative estimate of drug-likeness (QED) is 0.0897. The van der Waals surface area contributed by atoms with Gasteiger partial charge in [-0.1, -0.05) is 184 Å². The highest BCUT2D eigenvalue weighted by Gasteiger charge is 2.29. The van der Waals surface area contributed by atoms with Crippen LogP contribution in [0.4, 0.5) is 0 Å². The summed E-state index contributed by atoms with van der Waals surface area (Å²) in [5.74, 6) is 3.23. The summed E-state index contributed by atoms with van der Waals surface area (Å²) in [5, 5.41) is 0.350. The van der Waals surface area contributed by atoms with Crippen molar-refractivity contribution in [1.29, 1.82) is 0 Å². The Kier molecular flexibility index (Phi) is 17.0. The van der Waals surface area contributed by atoms with Crippen molar-refractivity contribution in [2.45, 2.75) is 166 Å². The lowest BCUT2D eigenvalue weighted by molar-refractivity contribution is 0.302. The minimum atomic E-state index is 0.175. The molecule has 6 rings (SSSR count). The molecule has 0 heterocycles. The highest BCUT2D eigenvalue weighted by Crippen LogP contribution is 2.52. The molecule has 55 heavy (non-hydrogen) atoms. The summed E-state index contributed by atoms with van der Waals surface area (Å²) in [6.45, 7) is 9.16. The van der Waals surface area contributed by atoms with Gasteiger partial charge in [-0.15, -0.1) is 11.8 Å². The Bertz CT molecular complexity index is 1600. The molecule has 2 atom stereocenters. The van der Waals surface area contributed by atoms with Crippen LogP contribution in [0.15, 0.2) is 93.9 Å². The van der Waals surface area contributed by atoms with Crippen molar-refractivity contribution in [3.8, 4) is 0 Å². The average molecular weight is 885 g/mol. The summed E-state index contributed by atoms with van der Waals surface area (Å²) in [5.41, 5.74) is 11.3. The van der Waals surface area contributed by atoms with Gasteiger partial charge >= 0.3 is 0 Å². The van der Waals surface area contributed by atoms with Gasteiger partial charge in [0.15, 0.2) is 0 Å². The number of hydrogen-bond donors (Lipinski definition) is 0. The first kappa shape index (κ1) is 42.8. The van der Waals surface area contributed by atoms with Gasteiger partial charge in [-0.25, -0.2) is 0 Å². The number of unbranched alkanes of at least 4 members (excludes halogenated alkanes) is 4. The van der Waals surface area contributed by atoms with Crippen molar-refractivity contribution in [2.75, 3.05) is 0 Å². The number of halogens is 2. The molecule has 0 spiro atoms. The van der Waals surface area contributed by atoms with Gasteiger partial charge in [0.1, 0.15) is 0 Å². The number of hydrogen-bond acceptors (Lipinski definition) is 1. The van der Waals surface area contributed by atoms with Gasteiger partial charge in [0.05, 0.1) is 10.5 Å². The standard InChI is InChI=1S/C52H68Br2S/c1-5-9-11-13-39-19-23-41(24-20-39)45-31-33-47(49(53)35-45)51(43-27-15-37(7-3)16-28-43)55-52(44-29-17-38(8-4)18-30-44)48-34-32-46(36-50(48)54)42-25-21-40(22-26-42)14-12-10-6-2/h15-18,27-36,39-42,51-52H,5-14,19-26H2,1-4H3/t39-,40-,41-,42-,51?,52?. The van der Waals surface area contributed by atoms with Crippen molar-refractivity contribution < 1.29 is 0 Å². The van der Waals surface area contributed by atoms with Gasteiger partial charge in [0, 0.05) is 8.95 Å². The molecule has 2 aliphatic rings. The highest BCUT2D eigenvalue weighted by atomic mass is 79.9. The molecule has 0 N–H and O–H groups in total. The second-order valence-electron chi connectivity index (χ2n) is 17.1. The van der Waals surface area contributed by atoms with E-state index in [1.165, 1.54) is 156 Å². The predicted molar refractivity (Wildman–Crippen MR) is 249 cm³/mol. The lowest BCUT2D eigenvalue weighted by Gasteiger charge is -2.31. The number of aryl methyl sites for hydroxylation is 2. The maximum absolute atomic E-state index is 4.18. The zero-order valence-electron chi connectivity index (χ0n) is 34.4. The van der Waals surface area contributed by atoms with Gasteiger partial charge < -0.3 is 0 Å². The minimum Gasteiger partial charge on any atom is -0.136 e. The molecule has 2 unspecified atom stereocenters. The van der Waals surface area contributed by atoms with Crippen LogP contribution in [0.3, 0.4) is 0 Å². The van der Waals surface area contributed by atoms with Crippen LogP contribution >= 0.6 is 43.6 Å². The maximum Gasteiger partial charge on any atom is 0.0567 e. The normalized spacial score (nSPS) is 21.3. The van der Waals surface area contributed by atoms with E-state index in [1.807, 2.05) is 0 Å². The first-order chi connectivity index (χ1) is 26.9. The molecule has 0 bridgehead atoms. The third-order valence-electron chi connectivity index (χ3n) is 13.3. The fourth-order valence-electron chi connectivity index (χ4n) is 9.61. The summed E-state index contributed by atoms with van der Waals surface area (Å²) in [7, 11) is 0. The summed E-state index contributed by atoms with van der Waals surface area (Å²) >= 11 is 10.5. The Labute approximate surface area is 357 Å². The number of benzene rings is 4. The zero-order valence-corrected chi connectivity index (χ0v) is 38.4. The van der Waals surface area contributed by atoms with Gasteiger partial charge in [-0.05, 0) is 145 Å². The van der Waals surface area contributed by atoms with Crippen LogP contribution < -0.4 is 0 Å². The lowest BCUT2D eigenvalue weighted by Crippen LogP contribution is -2.14. The van der Waals surface area contributed by atoms with Gasteiger partial charge in [0.2, 0.25) is 0 Å². The largest absolute Gasteiger partial charge is 0.136 e. The van der Waals surface area contributed by atoms with Crippen LogP contribution in [0, 0.1) is 11.8 Å². The molecule has 4 aromatic carbocycles. The molecule has 4 aromatic rings. The second kappa shape index (κ2) is 21.8. The Morgan fingerprint density at radius 2 is 0.873 bits per heavy atom. The van der Waals surface area contributed by atoms with E-state index in [2.05, 4.69) is 156 Å². The van der Waals surface area contributed by atoms with E-state index in [1.54, 1.807) is 0 Å². The Hall–Kier alpha value is -1.81. The monoisotopic (exact) mass is 882 g/mol. The predicted octanol–water partition coefficient (Wildman–Crippen LogP) is 17.7. The molecular weight excluding hydrogens is 816 g/mol. The molecule has 0 amide bonds. The first-order valence-electron chi connectivity index (χ1n) is 22.3. The van der Waals surface area contributed by atoms with Crippen molar-refractivity contribution >= 4 is 43.6 Å². The molecular formula is C52H68Br2S. The third-order valence-corrected chi connectivity index (χ3v) is 16.3. The van der Waals surface area contributed by atoms with E-state index >= 15 is 0 Å². The van der Waals surface area contributed by atoms with Gasteiger partial charge in [0.25, 0.3) is 0 Å². The van der Waals surface area contributed by atoms with Crippen molar-refractivity contribution in [1.82, 2.24) is 0 Å². The summed E-state index contributed by atoms with van der Waals surface area (Å²) < 4.78 is 2.51. The van der Waals surface area contributed by atoms with Crippen LogP contribution in [0.2, 0.25) is 0 Å². The van der Waals surface area contributed by atoms with Crippen LogP contribution in [-0.2, 0) is 12.8 Å². The van der Waals surface area contributed by atoms with Gasteiger partial charge in [-0.2, -0.15) is 0 Å². The van der Waals surface area contributed by atoms with Crippen LogP contribution in [0.25, 0.3) is 0 Å². The third kappa shape index (κ3) is 11.7. The molecule has 0 radical (unpaired) electrons. The number of thioether (sulfide) groups is 1. The topological polar surface area (TPSA) is 0 Å². The van der Waals surface area contributed by atoms with E-state index in [0.29, 0.717) is 11.8 Å². The summed E-state index contributed by atoms with van der Waals surface area (Å²) in [4.78, 5) is 0. The molecule has 0 saturated heterocycles. The Balaban J connectivity index is 1.28. The SMILES string of the molecule is CCCCC[C@H]1CC[C@H](c2ccc(C(SC(c3ccc(CC)cc3)c3ccc([C@H]4CC[C@H](CCCCC)CC4)cc3Br)c3ccc(CC)cc3)c(Br)c2)CC1. The molecule has 0 nitrogen and oxygen atoms in total. The summed E-state index contributed by atoms with van der Waals surface area (Å²) in [6.07, 6.45) is 24.1. The second-order valence-corrected chi connectivity index (χ2v) is 20.0. The lowest BCUT2D eigenvalue weighted by atomic mass is 9.77. The van der Waals surface area contributed by atoms with Crippen molar-refractivity contribution in [3.63, 3.8) is 0 Å². The van der Waals surface area contributed by atoms with Crippen LogP contribution in [-0.4, -0.2) is 0 Å². The average Bonchev–Trinajstić information content (AvgIpc) is 3.22. The Morgan fingerprint density at radius 1 is 0.491 bits per heavy atom. The first-order valence-corrected chi connectivity index (χ1v) is 24.8. The van der Waals surface area contributed by atoms with E-state index in [0.717, 1.165) is 24.7 Å². The van der Waals surface area contributed by atoms with Crippen LogP contribution in [0.5, 0.6) is 0 Å². The molecule has 2 aliphatic carbocycles. The fourth-order valence-corrected chi connectivity index (χ4v) is 12.8. The summed E-state index contributed by atoms with van der Waals surface area (Å²) in [6, 6.07) is 33.8. The van der Waals surface area contributed by atoms with Gasteiger partial charge in [-0.3, -0.25) is 0 Å². The number of rotatable bonds is 18. The molecule has 0 aromatic heterocycles. The minimum absolute atomic E-state index is 0.175. The van der Waals surface area contributed by atoms with E-state index < -0.39 is 0 Å². The molecule has 0 aliphatic heterocycles. The van der Waals surface area contributed by atoms with E-state index in [9.17, 15) is 0 Å². The van der Waals surface area contributed by atoms with Crippen molar-refractivity contribution in [3.05, 3.63) is 138 Å². The molecule has 2 fully saturated rings. The van der Waals surface area contributed by atoms with Crippen LogP contribution in [0.1, 0.15) is 197 Å². The highest BCUT2D eigenvalue weighted by molar-refractivity contribution is 9.10. The zero-order chi connectivity index (χ0) is 38.6. The molecule has 296 valence electrons. The van der Waals surface area contributed by atoms with Crippen molar-refractivity contribution in [2.24, 2.45) is 11.8 Å². The fraction of sp³-hybridized carbons (Fsp3) is 0.538. The van der Waals surface area contributed by atoms with E-state index in [-0.39, 0.29) is 10.5 Å². The molecule has 2 saturated carbocycles. The molecule has 3 heteroatoms. The van der Waals surface area contributed by atoms with E-state index in [4.69, 9.17) is 0 Å². The smallest absolute Gasteiger partial charge is 0.0567 e. The Morgan fingerprint density at radius 3 is 1.20 bits per heavy atom. The maximum atomic E-state index is 4.18.